The number of alkyl halides is 2. The summed E-state index contributed by atoms with van der Waals surface area (Å²) in [5.74, 6) is -1.36. The van der Waals surface area contributed by atoms with Gasteiger partial charge in [0.2, 0.25) is 10.0 Å². The summed E-state index contributed by atoms with van der Waals surface area (Å²) >= 11 is 0. The zero-order valence-electron chi connectivity index (χ0n) is 18.3. The number of methoxy groups -OCH3 is 1. The zero-order chi connectivity index (χ0) is 24.5. The number of hydrogen-bond donors (Lipinski definition) is 0. The van der Waals surface area contributed by atoms with Gasteiger partial charge in [-0.25, -0.2) is 12.8 Å². The summed E-state index contributed by atoms with van der Waals surface area (Å²) in [7, 11) is -2.97. The Morgan fingerprint density at radius 1 is 1.12 bits per heavy atom. The van der Waals surface area contributed by atoms with Crippen molar-refractivity contribution in [1.82, 2.24) is 4.31 Å². The molecule has 2 atom stereocenters. The Kier molecular flexibility index (Phi) is 7.04. The molecule has 7 nitrogen and oxygen atoms in total. The molecule has 2 aliphatic rings. The van der Waals surface area contributed by atoms with Crippen molar-refractivity contribution in [3.05, 3.63) is 53.8 Å². The molecule has 0 aromatic heterocycles. The Labute approximate surface area is 195 Å². The second-order valence-corrected chi connectivity index (χ2v) is 10.2. The Bertz CT molecular complexity index is 1140. The monoisotopic (exact) mass is 499 g/mol. The Hall–Kier alpha value is -2.79. The first-order chi connectivity index (χ1) is 16.2. The van der Waals surface area contributed by atoms with Crippen LogP contribution < -0.4 is 9.47 Å². The van der Waals surface area contributed by atoms with Gasteiger partial charge in [0.05, 0.1) is 18.6 Å². The highest BCUT2D eigenvalue weighted by atomic mass is 32.2. The molecular weight excluding hydrogens is 475 g/mol. The second-order valence-electron chi connectivity index (χ2n) is 8.34. The topological polar surface area (TPSA) is 82.1 Å². The van der Waals surface area contributed by atoms with Gasteiger partial charge in [0.15, 0.2) is 11.5 Å². The fourth-order valence-corrected chi connectivity index (χ4v) is 5.62. The number of rotatable bonds is 9. The standard InChI is InChI=1S/C23H24F3NO6S/c1-31-22(28)19-10-16(12-27(19)34(29,30)18-7-5-17(24)6-8-18)15-4-9-20(33-23(25)26)21(11-15)32-13-14-2-3-14/h4-9,11,14,16,19,23H,2-3,10,12-13H2,1H3/t16-,19+/m1/s1. The smallest absolute Gasteiger partial charge is 0.387 e. The van der Waals surface area contributed by atoms with Gasteiger partial charge in [-0.1, -0.05) is 6.07 Å². The predicted octanol–water partition coefficient (Wildman–Crippen LogP) is 3.94. The van der Waals surface area contributed by atoms with Crippen LogP contribution in [-0.4, -0.2) is 51.6 Å². The summed E-state index contributed by atoms with van der Waals surface area (Å²) < 4.78 is 81.6. The van der Waals surface area contributed by atoms with Crippen molar-refractivity contribution in [3.63, 3.8) is 0 Å². The van der Waals surface area contributed by atoms with Crippen molar-refractivity contribution in [3.8, 4) is 11.5 Å². The van der Waals surface area contributed by atoms with Crippen LogP contribution in [0.5, 0.6) is 11.5 Å². The third-order valence-corrected chi connectivity index (χ3v) is 7.86. The van der Waals surface area contributed by atoms with Gasteiger partial charge in [-0.3, -0.25) is 4.79 Å². The van der Waals surface area contributed by atoms with Crippen LogP contribution in [-0.2, 0) is 19.6 Å². The van der Waals surface area contributed by atoms with E-state index in [9.17, 15) is 26.4 Å². The summed E-state index contributed by atoms with van der Waals surface area (Å²) in [5.41, 5.74) is 0.609. The molecule has 1 heterocycles. The Morgan fingerprint density at radius 2 is 1.82 bits per heavy atom. The quantitative estimate of drug-likeness (QED) is 0.487. The minimum atomic E-state index is -4.14. The summed E-state index contributed by atoms with van der Waals surface area (Å²) in [6.07, 6.45) is 2.12. The van der Waals surface area contributed by atoms with Crippen molar-refractivity contribution in [2.45, 2.75) is 42.7 Å². The number of hydrogen-bond acceptors (Lipinski definition) is 6. The van der Waals surface area contributed by atoms with Gasteiger partial charge in [-0.15, -0.1) is 0 Å². The molecule has 0 amide bonds. The maximum atomic E-state index is 13.3. The molecule has 1 saturated carbocycles. The van der Waals surface area contributed by atoms with Gasteiger partial charge in [0, 0.05) is 6.54 Å². The van der Waals surface area contributed by atoms with E-state index in [1.165, 1.54) is 13.2 Å². The van der Waals surface area contributed by atoms with E-state index in [0.29, 0.717) is 18.1 Å². The maximum Gasteiger partial charge on any atom is 0.387 e. The van der Waals surface area contributed by atoms with Crippen molar-refractivity contribution < 1.29 is 40.6 Å². The summed E-state index contributed by atoms with van der Waals surface area (Å²) in [6, 6.07) is 7.67. The van der Waals surface area contributed by atoms with Crippen molar-refractivity contribution >= 4 is 16.0 Å². The average molecular weight is 500 g/mol. The Balaban J connectivity index is 1.63. The molecule has 0 unspecified atom stereocenters. The van der Waals surface area contributed by atoms with E-state index < -0.39 is 40.4 Å². The van der Waals surface area contributed by atoms with E-state index in [4.69, 9.17) is 9.47 Å². The van der Waals surface area contributed by atoms with Gasteiger partial charge in [0.1, 0.15) is 11.9 Å². The third-order valence-electron chi connectivity index (χ3n) is 5.98. The van der Waals surface area contributed by atoms with E-state index >= 15 is 0 Å². The lowest BCUT2D eigenvalue weighted by molar-refractivity contribution is -0.144. The SMILES string of the molecule is COC(=O)[C@@H]1C[C@@H](c2ccc(OC(F)F)c(OCC3CC3)c2)CN1S(=O)(=O)c1ccc(F)cc1. The first-order valence-corrected chi connectivity index (χ1v) is 12.2. The Morgan fingerprint density at radius 3 is 2.44 bits per heavy atom. The average Bonchev–Trinajstić information content (AvgIpc) is 3.52. The number of halogens is 3. The minimum Gasteiger partial charge on any atom is -0.489 e. The lowest BCUT2D eigenvalue weighted by Gasteiger charge is -2.22. The molecule has 1 aliphatic carbocycles. The molecule has 4 rings (SSSR count). The van der Waals surface area contributed by atoms with E-state index in [0.717, 1.165) is 41.4 Å². The zero-order valence-corrected chi connectivity index (χ0v) is 19.1. The summed E-state index contributed by atoms with van der Waals surface area (Å²) in [4.78, 5) is 12.3. The predicted molar refractivity (Wildman–Crippen MR) is 115 cm³/mol. The van der Waals surface area contributed by atoms with Crippen LogP contribution in [0.2, 0.25) is 0 Å². The molecule has 0 bridgehead atoms. The van der Waals surface area contributed by atoms with Gasteiger partial charge in [0.25, 0.3) is 0 Å². The second kappa shape index (κ2) is 9.83. The summed E-state index contributed by atoms with van der Waals surface area (Å²) in [5, 5.41) is 0. The largest absolute Gasteiger partial charge is 0.489 e. The molecule has 184 valence electrons. The first-order valence-electron chi connectivity index (χ1n) is 10.8. The van der Waals surface area contributed by atoms with E-state index in [-0.39, 0.29) is 29.4 Å². The number of nitrogens with zero attached hydrogens (tertiary/aromatic N) is 1. The van der Waals surface area contributed by atoms with Gasteiger partial charge >= 0.3 is 12.6 Å². The van der Waals surface area contributed by atoms with Crippen LogP contribution >= 0.6 is 0 Å². The molecule has 1 aliphatic heterocycles. The normalized spacial score (nSPS) is 21.0. The van der Waals surface area contributed by atoms with Crippen molar-refractivity contribution in [2.75, 3.05) is 20.3 Å². The lowest BCUT2D eigenvalue weighted by Crippen LogP contribution is -2.41. The van der Waals surface area contributed by atoms with E-state index in [1.807, 2.05) is 0 Å². The number of carbonyl (C=O) groups is 1. The minimum absolute atomic E-state index is 0.0589. The number of carbonyl (C=O) groups excluding carboxylic acids is 1. The van der Waals surface area contributed by atoms with Crippen molar-refractivity contribution in [2.24, 2.45) is 5.92 Å². The third kappa shape index (κ3) is 5.30. The number of benzene rings is 2. The fourth-order valence-electron chi connectivity index (χ4n) is 3.98. The van der Waals surface area contributed by atoms with E-state index in [1.54, 1.807) is 12.1 Å². The molecule has 0 radical (unpaired) electrons. The van der Waals surface area contributed by atoms with E-state index in [2.05, 4.69) is 4.74 Å². The van der Waals surface area contributed by atoms with Crippen LogP contribution in [0.15, 0.2) is 47.4 Å². The number of esters is 1. The number of sulfonamides is 1. The van der Waals surface area contributed by atoms with Crippen LogP contribution in [0.1, 0.15) is 30.7 Å². The van der Waals surface area contributed by atoms with Crippen LogP contribution in [0.3, 0.4) is 0 Å². The summed E-state index contributed by atoms with van der Waals surface area (Å²) in [6.45, 7) is -2.72. The first kappa shape index (κ1) is 24.3. The molecule has 1 saturated heterocycles. The van der Waals surface area contributed by atoms with Crippen molar-refractivity contribution in [1.29, 1.82) is 0 Å². The highest BCUT2D eigenvalue weighted by Crippen LogP contribution is 2.40. The molecule has 0 N–H and O–H groups in total. The number of ether oxygens (including phenoxy) is 3. The molecule has 0 spiro atoms. The molecular formula is C23H24F3NO6S. The molecule has 2 aromatic carbocycles. The molecule has 11 heteroatoms. The highest BCUT2D eigenvalue weighted by molar-refractivity contribution is 7.89. The highest BCUT2D eigenvalue weighted by Gasteiger charge is 2.45. The fraction of sp³-hybridized carbons (Fsp3) is 0.435. The molecule has 2 fully saturated rings. The molecule has 34 heavy (non-hydrogen) atoms. The van der Waals surface area contributed by atoms with Crippen LogP contribution in [0.25, 0.3) is 0 Å². The van der Waals surface area contributed by atoms with Crippen LogP contribution in [0.4, 0.5) is 13.2 Å². The van der Waals surface area contributed by atoms with Gasteiger partial charge in [-0.05, 0) is 73.1 Å². The molecule has 2 aromatic rings. The maximum absolute atomic E-state index is 13.3. The van der Waals surface area contributed by atoms with Crippen LogP contribution in [0, 0.1) is 11.7 Å². The lowest BCUT2D eigenvalue weighted by atomic mass is 9.96. The van der Waals surface area contributed by atoms with Gasteiger partial charge in [-0.2, -0.15) is 13.1 Å². The van der Waals surface area contributed by atoms with Gasteiger partial charge < -0.3 is 14.2 Å².